The summed E-state index contributed by atoms with van der Waals surface area (Å²) < 4.78 is 21.8. The minimum Gasteiger partial charge on any atom is -0.493 e. The van der Waals surface area contributed by atoms with Crippen LogP contribution in [0.5, 0.6) is 17.2 Å². The smallest absolute Gasteiger partial charge is 0.204 e. The van der Waals surface area contributed by atoms with Crippen molar-refractivity contribution >= 4 is 21.7 Å². The zero-order valence-corrected chi connectivity index (χ0v) is 12.3. The molecule has 1 heterocycles. The first-order valence-electron chi connectivity index (χ1n) is 5.33. The Labute approximate surface area is 118 Å². The van der Waals surface area contributed by atoms with Crippen molar-refractivity contribution in [3.05, 3.63) is 16.6 Å². The molecule has 2 rings (SSSR count). The Bertz CT molecular complexity index is 598. The molecule has 0 bridgehead atoms. The van der Waals surface area contributed by atoms with Crippen LogP contribution < -0.4 is 19.9 Å². The van der Waals surface area contributed by atoms with E-state index >= 15 is 0 Å². The fourth-order valence-electron chi connectivity index (χ4n) is 1.76. The Morgan fingerprint density at radius 1 is 1.11 bits per heavy atom. The van der Waals surface area contributed by atoms with Crippen LogP contribution in [0.25, 0.3) is 11.3 Å². The second-order valence-electron chi connectivity index (χ2n) is 3.62. The van der Waals surface area contributed by atoms with Gasteiger partial charge in [-0.1, -0.05) is 5.16 Å². The number of halogens is 1. The number of methoxy groups -OCH3 is 3. The summed E-state index contributed by atoms with van der Waals surface area (Å²) in [5.74, 6) is 2.26. The number of nitrogens with zero attached hydrogens (tertiary/aromatic N) is 1. The lowest BCUT2D eigenvalue weighted by atomic mass is 10.1. The van der Waals surface area contributed by atoms with Crippen LogP contribution in [0.15, 0.2) is 21.1 Å². The molecule has 0 unspecified atom stereocenters. The van der Waals surface area contributed by atoms with E-state index in [1.54, 1.807) is 19.2 Å². The predicted octanol–water partition coefficient (Wildman–Crippen LogP) is 2.71. The number of anilines is 1. The van der Waals surface area contributed by atoms with Crippen LogP contribution in [0.1, 0.15) is 0 Å². The molecule has 0 radical (unpaired) electrons. The van der Waals surface area contributed by atoms with Gasteiger partial charge in [0, 0.05) is 10.5 Å². The zero-order chi connectivity index (χ0) is 14.0. The van der Waals surface area contributed by atoms with E-state index in [-0.39, 0.29) is 0 Å². The molecule has 1 aromatic carbocycles. The van der Waals surface area contributed by atoms with Crippen LogP contribution in [0, 0.1) is 0 Å². The number of rotatable bonds is 4. The molecular weight excluding hydrogens is 316 g/mol. The maximum Gasteiger partial charge on any atom is 0.204 e. The molecule has 0 aliphatic heterocycles. The predicted molar refractivity (Wildman–Crippen MR) is 73.7 cm³/mol. The summed E-state index contributed by atoms with van der Waals surface area (Å²) in [7, 11) is 4.62. The van der Waals surface area contributed by atoms with Gasteiger partial charge in [-0.2, -0.15) is 0 Å². The maximum atomic E-state index is 5.57. The highest BCUT2D eigenvalue weighted by atomic mass is 79.9. The highest BCUT2D eigenvalue weighted by molar-refractivity contribution is 9.10. The van der Waals surface area contributed by atoms with Crippen LogP contribution >= 0.6 is 15.9 Å². The molecule has 2 aromatic rings. The molecule has 0 spiro atoms. The quantitative estimate of drug-likeness (QED) is 0.929. The summed E-state index contributed by atoms with van der Waals surface area (Å²) in [6.07, 6.45) is 0. The van der Waals surface area contributed by atoms with E-state index in [1.807, 2.05) is 0 Å². The minimum absolute atomic E-state index is 0.290. The van der Waals surface area contributed by atoms with Gasteiger partial charge in [-0.25, -0.2) is 0 Å². The Morgan fingerprint density at radius 2 is 1.79 bits per heavy atom. The van der Waals surface area contributed by atoms with Crippen LogP contribution in [0.4, 0.5) is 5.82 Å². The molecule has 0 aliphatic rings. The molecule has 0 amide bonds. The third-order valence-electron chi connectivity index (χ3n) is 2.56. The van der Waals surface area contributed by atoms with E-state index in [0.717, 1.165) is 4.47 Å². The van der Waals surface area contributed by atoms with Gasteiger partial charge in [-0.15, -0.1) is 0 Å². The van der Waals surface area contributed by atoms with Gasteiger partial charge >= 0.3 is 0 Å². The normalized spacial score (nSPS) is 10.3. The summed E-state index contributed by atoms with van der Waals surface area (Å²) in [5.41, 5.74) is 6.22. The molecule has 19 heavy (non-hydrogen) atoms. The molecule has 7 heteroatoms. The van der Waals surface area contributed by atoms with E-state index in [4.69, 9.17) is 24.5 Å². The van der Waals surface area contributed by atoms with Crippen LogP contribution in [-0.2, 0) is 0 Å². The molecular formula is C12H13BrN2O4. The van der Waals surface area contributed by atoms with Crippen molar-refractivity contribution < 1.29 is 18.7 Å². The van der Waals surface area contributed by atoms with Crippen molar-refractivity contribution in [3.63, 3.8) is 0 Å². The number of hydrogen-bond acceptors (Lipinski definition) is 6. The third kappa shape index (κ3) is 2.33. The summed E-state index contributed by atoms with van der Waals surface area (Å²) >= 11 is 3.44. The standard InChI is InChI=1S/C12H13BrN2O4/c1-16-8-4-6(13)10(7-5-9(14)15-19-7)12(18-3)11(8)17-2/h4-5H,1-3H3,(H2,14,15). The van der Waals surface area contributed by atoms with Gasteiger partial charge in [0.15, 0.2) is 23.1 Å². The zero-order valence-electron chi connectivity index (χ0n) is 10.7. The fraction of sp³-hybridized carbons (Fsp3) is 0.250. The van der Waals surface area contributed by atoms with Crippen LogP contribution in [-0.4, -0.2) is 26.5 Å². The van der Waals surface area contributed by atoms with E-state index in [0.29, 0.717) is 34.4 Å². The molecule has 102 valence electrons. The Kier molecular flexibility index (Phi) is 3.84. The van der Waals surface area contributed by atoms with Crippen molar-refractivity contribution in [1.29, 1.82) is 0 Å². The summed E-state index contributed by atoms with van der Waals surface area (Å²) in [4.78, 5) is 0. The Hall–Kier alpha value is -1.89. The molecule has 0 atom stereocenters. The van der Waals surface area contributed by atoms with Crippen molar-refractivity contribution in [2.75, 3.05) is 27.1 Å². The van der Waals surface area contributed by atoms with Crippen molar-refractivity contribution in [3.8, 4) is 28.6 Å². The van der Waals surface area contributed by atoms with Crippen molar-refractivity contribution in [2.45, 2.75) is 0 Å². The molecule has 0 saturated carbocycles. The summed E-state index contributed by atoms with van der Waals surface area (Å²) in [5, 5.41) is 3.66. The van der Waals surface area contributed by atoms with Crippen molar-refractivity contribution in [2.24, 2.45) is 0 Å². The van der Waals surface area contributed by atoms with E-state index in [9.17, 15) is 0 Å². The maximum absolute atomic E-state index is 5.57. The first-order chi connectivity index (χ1) is 9.12. The lowest BCUT2D eigenvalue weighted by Gasteiger charge is -2.15. The number of benzene rings is 1. The lowest BCUT2D eigenvalue weighted by molar-refractivity contribution is 0.324. The molecule has 0 aliphatic carbocycles. The molecule has 6 nitrogen and oxygen atoms in total. The van der Waals surface area contributed by atoms with Gasteiger partial charge < -0.3 is 24.5 Å². The molecule has 0 saturated heterocycles. The lowest BCUT2D eigenvalue weighted by Crippen LogP contribution is -1.97. The van der Waals surface area contributed by atoms with E-state index < -0.39 is 0 Å². The minimum atomic E-state index is 0.290. The van der Waals surface area contributed by atoms with Crippen molar-refractivity contribution in [1.82, 2.24) is 5.16 Å². The monoisotopic (exact) mass is 328 g/mol. The molecule has 2 N–H and O–H groups in total. The van der Waals surface area contributed by atoms with Crippen LogP contribution in [0.2, 0.25) is 0 Å². The number of hydrogen-bond donors (Lipinski definition) is 1. The Balaban J connectivity index is 2.72. The SMILES string of the molecule is COc1cc(Br)c(-c2cc(N)no2)c(OC)c1OC. The van der Waals surface area contributed by atoms with Gasteiger partial charge in [0.2, 0.25) is 5.75 Å². The largest absolute Gasteiger partial charge is 0.493 e. The number of nitrogens with two attached hydrogens (primary N) is 1. The first kappa shape index (κ1) is 13.5. The number of nitrogen functional groups attached to an aromatic ring is 1. The van der Waals surface area contributed by atoms with Gasteiger partial charge in [-0.05, 0) is 22.0 Å². The number of ether oxygens (including phenoxy) is 3. The van der Waals surface area contributed by atoms with Gasteiger partial charge in [0.05, 0.1) is 26.9 Å². The first-order valence-corrected chi connectivity index (χ1v) is 6.12. The Morgan fingerprint density at radius 3 is 2.26 bits per heavy atom. The van der Waals surface area contributed by atoms with Gasteiger partial charge in [-0.3, -0.25) is 0 Å². The highest BCUT2D eigenvalue weighted by Crippen LogP contribution is 2.48. The summed E-state index contributed by atoms with van der Waals surface area (Å²) in [6.45, 7) is 0. The second kappa shape index (κ2) is 5.40. The van der Waals surface area contributed by atoms with Gasteiger partial charge in [0.1, 0.15) is 0 Å². The average Bonchev–Trinajstić information content (AvgIpc) is 2.83. The average molecular weight is 329 g/mol. The summed E-state index contributed by atoms with van der Waals surface area (Å²) in [6, 6.07) is 3.37. The van der Waals surface area contributed by atoms with Crippen LogP contribution in [0.3, 0.4) is 0 Å². The van der Waals surface area contributed by atoms with E-state index in [1.165, 1.54) is 14.2 Å². The molecule has 1 aromatic heterocycles. The second-order valence-corrected chi connectivity index (χ2v) is 4.47. The highest BCUT2D eigenvalue weighted by Gasteiger charge is 2.23. The fourth-order valence-corrected chi connectivity index (χ4v) is 2.35. The third-order valence-corrected chi connectivity index (χ3v) is 3.18. The topological polar surface area (TPSA) is 79.7 Å². The van der Waals surface area contributed by atoms with E-state index in [2.05, 4.69) is 21.1 Å². The van der Waals surface area contributed by atoms with Gasteiger partial charge in [0.25, 0.3) is 0 Å². The molecule has 0 fully saturated rings. The number of aromatic nitrogens is 1.